The lowest BCUT2D eigenvalue weighted by Crippen LogP contribution is -2.08. The zero-order valence-electron chi connectivity index (χ0n) is 5.69. The summed E-state index contributed by atoms with van der Waals surface area (Å²) < 4.78 is 36.1. The smallest absolute Gasteiger partial charge is 0.399 e. The summed E-state index contributed by atoms with van der Waals surface area (Å²) >= 11 is 2.81. The minimum atomic E-state index is -4.45. The van der Waals surface area contributed by atoms with E-state index in [9.17, 15) is 13.2 Å². The van der Waals surface area contributed by atoms with Crippen molar-refractivity contribution in [3.8, 4) is 0 Å². The van der Waals surface area contributed by atoms with Crippen molar-refractivity contribution in [3.63, 3.8) is 0 Å². The monoisotopic (exact) mass is 240 g/mol. The average Bonchev–Trinajstić information content (AvgIpc) is 1.82. The number of nitrogen functional groups attached to an aromatic ring is 1. The summed E-state index contributed by atoms with van der Waals surface area (Å²) in [6.45, 7) is 0. The molecule has 0 amide bonds. The quantitative estimate of drug-likeness (QED) is 0.708. The standard InChI is InChI=1S/C6H4BrF3N2/c7-5-2-3(11)1-4(12-5)6(8,9)10/h1-2H,(H2,11,12). The van der Waals surface area contributed by atoms with Crippen molar-refractivity contribution in [1.82, 2.24) is 4.98 Å². The van der Waals surface area contributed by atoms with E-state index >= 15 is 0 Å². The van der Waals surface area contributed by atoms with Crippen LogP contribution in [0.25, 0.3) is 0 Å². The first kappa shape index (κ1) is 9.31. The van der Waals surface area contributed by atoms with Crippen molar-refractivity contribution in [2.75, 3.05) is 5.73 Å². The Bertz CT molecular complexity index is 277. The van der Waals surface area contributed by atoms with E-state index in [-0.39, 0.29) is 10.3 Å². The largest absolute Gasteiger partial charge is 0.433 e. The Kier molecular flexibility index (Phi) is 2.27. The lowest BCUT2D eigenvalue weighted by molar-refractivity contribution is -0.141. The fourth-order valence-corrected chi connectivity index (χ4v) is 1.12. The van der Waals surface area contributed by atoms with Crippen molar-refractivity contribution >= 4 is 21.6 Å². The molecule has 66 valence electrons. The SMILES string of the molecule is Nc1cc(Br)nc(C(F)(F)F)c1. The number of halogens is 4. The second-order valence-electron chi connectivity index (χ2n) is 2.11. The van der Waals surface area contributed by atoms with Crippen molar-refractivity contribution in [1.29, 1.82) is 0 Å². The normalized spacial score (nSPS) is 11.7. The summed E-state index contributed by atoms with van der Waals surface area (Å²) in [4.78, 5) is 3.22. The zero-order chi connectivity index (χ0) is 9.35. The lowest BCUT2D eigenvalue weighted by Gasteiger charge is -2.06. The first-order valence-electron chi connectivity index (χ1n) is 2.90. The van der Waals surface area contributed by atoms with Gasteiger partial charge in [0.25, 0.3) is 0 Å². The molecule has 1 aromatic heterocycles. The highest BCUT2D eigenvalue weighted by molar-refractivity contribution is 9.10. The molecule has 0 atom stereocenters. The maximum absolute atomic E-state index is 12.0. The number of nitrogens with two attached hydrogens (primary N) is 1. The number of aromatic nitrogens is 1. The molecule has 0 unspecified atom stereocenters. The highest BCUT2D eigenvalue weighted by Gasteiger charge is 2.32. The summed E-state index contributed by atoms with van der Waals surface area (Å²) in [6.07, 6.45) is -4.45. The Balaban J connectivity index is 3.18. The number of nitrogens with zero attached hydrogens (tertiary/aromatic N) is 1. The molecule has 0 aliphatic rings. The molecule has 0 aliphatic heterocycles. The molecule has 6 heteroatoms. The van der Waals surface area contributed by atoms with Crippen LogP contribution < -0.4 is 5.73 Å². The van der Waals surface area contributed by atoms with Gasteiger partial charge >= 0.3 is 6.18 Å². The van der Waals surface area contributed by atoms with E-state index in [1.54, 1.807) is 0 Å². The first-order chi connectivity index (χ1) is 5.39. The molecule has 1 aromatic rings. The van der Waals surface area contributed by atoms with Gasteiger partial charge in [0.1, 0.15) is 10.3 Å². The van der Waals surface area contributed by atoms with Crippen LogP contribution in [-0.2, 0) is 6.18 Å². The topological polar surface area (TPSA) is 38.9 Å². The molecule has 2 nitrogen and oxygen atoms in total. The van der Waals surface area contributed by atoms with Gasteiger partial charge in [-0.15, -0.1) is 0 Å². The third-order valence-corrected chi connectivity index (χ3v) is 1.51. The molecule has 2 N–H and O–H groups in total. The average molecular weight is 241 g/mol. The minimum absolute atomic E-state index is 0.0317. The van der Waals surface area contributed by atoms with Crippen molar-refractivity contribution < 1.29 is 13.2 Å². The van der Waals surface area contributed by atoms with Crippen LogP contribution in [0.1, 0.15) is 5.69 Å². The maximum Gasteiger partial charge on any atom is 0.433 e. The number of anilines is 1. The fourth-order valence-electron chi connectivity index (χ4n) is 0.662. The highest BCUT2D eigenvalue weighted by Crippen LogP contribution is 2.29. The second kappa shape index (κ2) is 2.93. The van der Waals surface area contributed by atoms with E-state index in [1.807, 2.05) is 0 Å². The Morgan fingerprint density at radius 2 is 1.92 bits per heavy atom. The molecule has 0 fully saturated rings. The molecule has 0 spiro atoms. The molecule has 0 radical (unpaired) electrons. The van der Waals surface area contributed by atoms with Crippen LogP contribution in [0.2, 0.25) is 0 Å². The number of rotatable bonds is 0. The van der Waals surface area contributed by atoms with Gasteiger partial charge in [0.15, 0.2) is 0 Å². The molecule has 1 rings (SSSR count). The van der Waals surface area contributed by atoms with Crippen LogP contribution >= 0.6 is 15.9 Å². The van der Waals surface area contributed by atoms with Gasteiger partial charge in [-0.05, 0) is 28.1 Å². The van der Waals surface area contributed by atoms with Crippen LogP contribution in [0.4, 0.5) is 18.9 Å². The third-order valence-electron chi connectivity index (χ3n) is 1.11. The van der Waals surface area contributed by atoms with Crippen molar-refractivity contribution in [2.24, 2.45) is 0 Å². The summed E-state index contributed by atoms with van der Waals surface area (Å²) in [5, 5.41) is 0. The van der Waals surface area contributed by atoms with Gasteiger partial charge in [-0.1, -0.05) is 0 Å². The first-order valence-corrected chi connectivity index (χ1v) is 3.69. The fraction of sp³-hybridized carbons (Fsp3) is 0.167. The summed E-state index contributed by atoms with van der Waals surface area (Å²) in [5.41, 5.74) is 4.23. The predicted molar refractivity (Wildman–Crippen MR) is 41.4 cm³/mol. The third kappa shape index (κ3) is 2.10. The van der Waals surface area contributed by atoms with E-state index in [0.717, 1.165) is 6.07 Å². The van der Waals surface area contributed by atoms with E-state index in [1.165, 1.54) is 6.07 Å². The number of hydrogen-bond acceptors (Lipinski definition) is 2. The van der Waals surface area contributed by atoms with Crippen LogP contribution in [-0.4, -0.2) is 4.98 Å². The molecule has 0 aromatic carbocycles. The van der Waals surface area contributed by atoms with Crippen LogP contribution in [0.15, 0.2) is 16.7 Å². The van der Waals surface area contributed by atoms with Gasteiger partial charge in [0.2, 0.25) is 0 Å². The van der Waals surface area contributed by atoms with E-state index in [2.05, 4.69) is 20.9 Å². The lowest BCUT2D eigenvalue weighted by atomic mass is 10.3. The molecular weight excluding hydrogens is 237 g/mol. The Hall–Kier alpha value is -0.780. The summed E-state index contributed by atoms with van der Waals surface area (Å²) in [7, 11) is 0. The van der Waals surface area contributed by atoms with Gasteiger partial charge < -0.3 is 5.73 Å². The number of alkyl halides is 3. The van der Waals surface area contributed by atoms with Gasteiger partial charge in [0.05, 0.1) is 0 Å². The van der Waals surface area contributed by atoms with Gasteiger partial charge in [0, 0.05) is 5.69 Å². The van der Waals surface area contributed by atoms with E-state index in [0.29, 0.717) is 0 Å². The Morgan fingerprint density at radius 3 is 2.33 bits per heavy atom. The molecule has 0 saturated carbocycles. The molecule has 0 aliphatic carbocycles. The molecule has 0 bridgehead atoms. The summed E-state index contributed by atoms with van der Waals surface area (Å²) in [6, 6.07) is 2.08. The highest BCUT2D eigenvalue weighted by atomic mass is 79.9. The van der Waals surface area contributed by atoms with E-state index < -0.39 is 11.9 Å². The Morgan fingerprint density at radius 1 is 1.33 bits per heavy atom. The van der Waals surface area contributed by atoms with Gasteiger partial charge in [-0.25, -0.2) is 4.98 Å². The van der Waals surface area contributed by atoms with Gasteiger partial charge in [-0.2, -0.15) is 13.2 Å². The maximum atomic E-state index is 12.0. The van der Waals surface area contributed by atoms with Crippen molar-refractivity contribution in [2.45, 2.75) is 6.18 Å². The van der Waals surface area contributed by atoms with Crippen LogP contribution in [0, 0.1) is 0 Å². The van der Waals surface area contributed by atoms with E-state index in [4.69, 9.17) is 5.73 Å². The molecular formula is C6H4BrF3N2. The Labute approximate surface area is 74.7 Å². The second-order valence-corrected chi connectivity index (χ2v) is 2.92. The number of pyridine rings is 1. The van der Waals surface area contributed by atoms with Crippen molar-refractivity contribution in [3.05, 3.63) is 22.4 Å². The zero-order valence-corrected chi connectivity index (χ0v) is 7.28. The minimum Gasteiger partial charge on any atom is -0.399 e. The van der Waals surface area contributed by atoms with Crippen LogP contribution in [0.3, 0.4) is 0 Å². The molecule has 1 heterocycles. The molecule has 12 heavy (non-hydrogen) atoms. The summed E-state index contributed by atoms with van der Waals surface area (Å²) in [5.74, 6) is 0. The number of hydrogen-bond donors (Lipinski definition) is 1. The predicted octanol–water partition coefficient (Wildman–Crippen LogP) is 2.45. The van der Waals surface area contributed by atoms with Crippen LogP contribution in [0.5, 0.6) is 0 Å². The van der Waals surface area contributed by atoms with Gasteiger partial charge in [-0.3, -0.25) is 0 Å². The molecule has 0 saturated heterocycles.